The molecular formula is C15H24N2OS. The number of carbonyl (C=O) groups excluding carboxylic acids is 1. The van der Waals surface area contributed by atoms with Gasteiger partial charge in [0.1, 0.15) is 0 Å². The second kappa shape index (κ2) is 8.23. The van der Waals surface area contributed by atoms with E-state index in [0.29, 0.717) is 24.1 Å². The number of amides is 1. The molecule has 106 valence electrons. The molecule has 1 amide bonds. The van der Waals surface area contributed by atoms with E-state index in [-0.39, 0.29) is 5.91 Å². The van der Waals surface area contributed by atoms with E-state index < -0.39 is 0 Å². The molecule has 0 aromatic heterocycles. The van der Waals surface area contributed by atoms with Crippen molar-refractivity contribution in [3.05, 3.63) is 29.8 Å². The third-order valence-electron chi connectivity index (χ3n) is 2.89. The van der Waals surface area contributed by atoms with Gasteiger partial charge in [-0.3, -0.25) is 4.79 Å². The van der Waals surface area contributed by atoms with Gasteiger partial charge in [0.15, 0.2) is 0 Å². The van der Waals surface area contributed by atoms with Gasteiger partial charge in [0.2, 0.25) is 5.91 Å². The number of nitrogens with two attached hydrogens (primary N) is 1. The highest BCUT2D eigenvalue weighted by Crippen LogP contribution is 2.23. The number of rotatable bonds is 7. The maximum absolute atomic E-state index is 11.9. The van der Waals surface area contributed by atoms with Crippen molar-refractivity contribution >= 4 is 23.4 Å². The van der Waals surface area contributed by atoms with Gasteiger partial charge in [-0.05, 0) is 35.8 Å². The van der Waals surface area contributed by atoms with Crippen LogP contribution in [0.25, 0.3) is 0 Å². The molecule has 0 aliphatic heterocycles. The fraction of sp³-hybridized carbons (Fsp3) is 0.533. The molecule has 1 aromatic carbocycles. The second-order valence-electron chi connectivity index (χ2n) is 5.15. The van der Waals surface area contributed by atoms with Crippen LogP contribution in [0.5, 0.6) is 0 Å². The molecule has 3 nitrogen and oxygen atoms in total. The molecule has 0 aliphatic rings. The molecule has 0 bridgehead atoms. The minimum absolute atomic E-state index is 0.0577. The molecule has 1 atom stereocenters. The summed E-state index contributed by atoms with van der Waals surface area (Å²) in [6.07, 6.45) is 0. The van der Waals surface area contributed by atoms with Crippen LogP contribution < -0.4 is 11.1 Å². The van der Waals surface area contributed by atoms with Crippen molar-refractivity contribution in [3.8, 4) is 0 Å². The van der Waals surface area contributed by atoms with E-state index >= 15 is 0 Å². The van der Waals surface area contributed by atoms with E-state index in [1.54, 1.807) is 11.8 Å². The number of anilines is 1. The van der Waals surface area contributed by atoms with Crippen LogP contribution >= 0.6 is 11.8 Å². The molecule has 0 aliphatic carbocycles. The smallest absolute Gasteiger partial charge is 0.234 e. The summed E-state index contributed by atoms with van der Waals surface area (Å²) in [5.74, 6) is 2.33. The number of hydrogen-bond donors (Lipinski definition) is 2. The summed E-state index contributed by atoms with van der Waals surface area (Å²) in [5.41, 5.74) is 7.65. The zero-order valence-corrected chi connectivity index (χ0v) is 12.8. The second-order valence-corrected chi connectivity index (χ2v) is 6.18. The Bertz CT molecular complexity index is 407. The van der Waals surface area contributed by atoms with Crippen molar-refractivity contribution in [1.29, 1.82) is 0 Å². The standard InChI is InChI=1S/C15H24N2OS/c1-11(2)13-6-4-5-7-14(13)17-15(18)10-19-9-12(3)8-16/h4-7,11-12H,8-10,16H2,1-3H3,(H,17,18). The first-order valence-corrected chi connectivity index (χ1v) is 7.86. The lowest BCUT2D eigenvalue weighted by Gasteiger charge is -2.14. The number of benzene rings is 1. The first-order valence-electron chi connectivity index (χ1n) is 6.71. The number of nitrogens with one attached hydrogen (secondary N) is 1. The fourth-order valence-electron chi connectivity index (χ4n) is 1.72. The molecule has 0 spiro atoms. The SMILES string of the molecule is CC(CN)CSCC(=O)Nc1ccccc1C(C)C. The zero-order valence-electron chi connectivity index (χ0n) is 12.0. The van der Waals surface area contributed by atoms with Crippen molar-refractivity contribution < 1.29 is 4.79 Å². The Morgan fingerprint density at radius 2 is 2.00 bits per heavy atom. The average Bonchev–Trinajstić information content (AvgIpc) is 2.38. The third-order valence-corrected chi connectivity index (χ3v) is 4.17. The Labute approximate surface area is 120 Å². The Kier molecular flexibility index (Phi) is 6.95. The van der Waals surface area contributed by atoms with Gasteiger partial charge in [-0.15, -0.1) is 0 Å². The summed E-state index contributed by atoms with van der Waals surface area (Å²) >= 11 is 1.64. The lowest BCUT2D eigenvalue weighted by molar-refractivity contribution is -0.113. The van der Waals surface area contributed by atoms with Gasteiger partial charge in [-0.1, -0.05) is 39.0 Å². The topological polar surface area (TPSA) is 55.1 Å². The molecular weight excluding hydrogens is 256 g/mol. The van der Waals surface area contributed by atoms with Crippen LogP contribution in [0.15, 0.2) is 24.3 Å². The fourth-order valence-corrected chi connectivity index (χ4v) is 2.64. The van der Waals surface area contributed by atoms with E-state index in [4.69, 9.17) is 5.73 Å². The number of thioether (sulfide) groups is 1. The van der Waals surface area contributed by atoms with Gasteiger partial charge >= 0.3 is 0 Å². The highest BCUT2D eigenvalue weighted by molar-refractivity contribution is 7.99. The van der Waals surface area contributed by atoms with E-state index in [9.17, 15) is 4.79 Å². The Balaban J connectivity index is 2.48. The van der Waals surface area contributed by atoms with Crippen LogP contribution in [0, 0.1) is 5.92 Å². The van der Waals surface area contributed by atoms with Gasteiger partial charge in [-0.2, -0.15) is 11.8 Å². The van der Waals surface area contributed by atoms with E-state index in [0.717, 1.165) is 11.4 Å². The van der Waals surface area contributed by atoms with Gasteiger partial charge < -0.3 is 11.1 Å². The monoisotopic (exact) mass is 280 g/mol. The van der Waals surface area contributed by atoms with Crippen LogP contribution in [-0.4, -0.2) is 24.0 Å². The van der Waals surface area contributed by atoms with Gasteiger partial charge in [-0.25, -0.2) is 0 Å². The molecule has 0 saturated heterocycles. The van der Waals surface area contributed by atoms with Gasteiger partial charge in [0.05, 0.1) is 5.75 Å². The molecule has 1 unspecified atom stereocenters. The highest BCUT2D eigenvalue weighted by atomic mass is 32.2. The van der Waals surface area contributed by atoms with Crippen LogP contribution in [0.3, 0.4) is 0 Å². The van der Waals surface area contributed by atoms with E-state index in [2.05, 4.69) is 32.2 Å². The predicted molar refractivity (Wildman–Crippen MR) is 84.7 cm³/mol. The molecule has 0 radical (unpaired) electrons. The lowest BCUT2D eigenvalue weighted by atomic mass is 10.0. The predicted octanol–water partition coefficient (Wildman–Crippen LogP) is 3.08. The summed E-state index contributed by atoms with van der Waals surface area (Å²) < 4.78 is 0. The Morgan fingerprint density at radius 1 is 1.32 bits per heavy atom. The normalized spacial score (nSPS) is 12.5. The molecule has 1 rings (SSSR count). The molecule has 4 heteroatoms. The third kappa shape index (κ3) is 5.66. The minimum Gasteiger partial charge on any atom is -0.330 e. The summed E-state index contributed by atoms with van der Waals surface area (Å²) in [6.45, 7) is 7.02. The minimum atomic E-state index is 0.0577. The largest absolute Gasteiger partial charge is 0.330 e. The maximum atomic E-state index is 11.9. The molecule has 0 heterocycles. The number of carbonyl (C=O) groups is 1. The van der Waals surface area contributed by atoms with Crippen molar-refractivity contribution in [2.75, 3.05) is 23.4 Å². The molecule has 0 fully saturated rings. The van der Waals surface area contributed by atoms with Crippen molar-refractivity contribution in [2.24, 2.45) is 11.7 Å². The highest BCUT2D eigenvalue weighted by Gasteiger charge is 2.09. The molecule has 3 N–H and O–H groups in total. The molecule has 19 heavy (non-hydrogen) atoms. The Hall–Kier alpha value is -1.00. The summed E-state index contributed by atoms with van der Waals surface area (Å²) in [4.78, 5) is 11.9. The van der Waals surface area contributed by atoms with Gasteiger partial charge in [0.25, 0.3) is 0 Å². The zero-order chi connectivity index (χ0) is 14.3. The summed E-state index contributed by atoms with van der Waals surface area (Å²) in [5, 5.41) is 2.99. The quantitative estimate of drug-likeness (QED) is 0.807. The van der Waals surface area contributed by atoms with Crippen molar-refractivity contribution in [2.45, 2.75) is 26.7 Å². The van der Waals surface area contributed by atoms with E-state index in [1.807, 2.05) is 18.2 Å². The van der Waals surface area contributed by atoms with Crippen molar-refractivity contribution in [3.63, 3.8) is 0 Å². The van der Waals surface area contributed by atoms with Crippen LogP contribution in [0.2, 0.25) is 0 Å². The van der Waals surface area contributed by atoms with Crippen LogP contribution in [0.4, 0.5) is 5.69 Å². The average molecular weight is 280 g/mol. The summed E-state index contributed by atoms with van der Waals surface area (Å²) in [6, 6.07) is 7.97. The van der Waals surface area contributed by atoms with Crippen LogP contribution in [0.1, 0.15) is 32.3 Å². The maximum Gasteiger partial charge on any atom is 0.234 e. The van der Waals surface area contributed by atoms with E-state index in [1.165, 1.54) is 5.56 Å². The Morgan fingerprint density at radius 3 is 2.63 bits per heavy atom. The molecule has 1 aromatic rings. The number of para-hydroxylation sites is 1. The summed E-state index contributed by atoms with van der Waals surface area (Å²) in [7, 11) is 0. The van der Waals surface area contributed by atoms with Crippen LogP contribution in [-0.2, 0) is 4.79 Å². The lowest BCUT2D eigenvalue weighted by Crippen LogP contribution is -2.18. The molecule has 0 saturated carbocycles. The first-order chi connectivity index (χ1) is 9.04. The number of hydrogen-bond acceptors (Lipinski definition) is 3. The van der Waals surface area contributed by atoms with Gasteiger partial charge in [0, 0.05) is 5.69 Å². The first kappa shape index (κ1) is 16.1. The van der Waals surface area contributed by atoms with Crippen molar-refractivity contribution in [1.82, 2.24) is 0 Å².